The van der Waals surface area contributed by atoms with E-state index in [1.807, 2.05) is 19.1 Å². The highest BCUT2D eigenvalue weighted by molar-refractivity contribution is 5.77. The Labute approximate surface area is 96.0 Å². The third kappa shape index (κ3) is 2.61. The number of hydrogen-bond donors (Lipinski definition) is 2. The highest BCUT2D eigenvalue weighted by Crippen LogP contribution is 2.21. The molecular formula is C13H18N2O. The Kier molecular flexibility index (Phi) is 3.25. The van der Waals surface area contributed by atoms with Crippen molar-refractivity contribution in [3.8, 4) is 0 Å². The van der Waals surface area contributed by atoms with Crippen molar-refractivity contribution in [2.75, 3.05) is 0 Å². The predicted octanol–water partition coefficient (Wildman–Crippen LogP) is 1.01. The Morgan fingerprint density at radius 3 is 2.50 bits per heavy atom. The number of hydrogen-bond acceptors (Lipinski definition) is 2. The van der Waals surface area contributed by atoms with Gasteiger partial charge in [-0.2, -0.15) is 0 Å². The summed E-state index contributed by atoms with van der Waals surface area (Å²) in [7, 11) is 0. The summed E-state index contributed by atoms with van der Waals surface area (Å²) in [6, 6.07) is 8.54. The molecule has 0 aromatic heterocycles. The van der Waals surface area contributed by atoms with E-state index in [1.165, 1.54) is 11.1 Å². The van der Waals surface area contributed by atoms with Crippen LogP contribution in [0, 0.1) is 0 Å². The minimum atomic E-state index is -0.0659. The smallest absolute Gasteiger partial charge is 0.221 e. The molecule has 0 saturated heterocycles. The Balaban J connectivity index is 1.90. The van der Waals surface area contributed by atoms with Gasteiger partial charge in [0, 0.05) is 18.5 Å². The van der Waals surface area contributed by atoms with Gasteiger partial charge in [-0.3, -0.25) is 4.79 Å². The Morgan fingerprint density at radius 2 is 2.00 bits per heavy atom. The van der Waals surface area contributed by atoms with Crippen molar-refractivity contribution in [1.82, 2.24) is 5.32 Å². The Morgan fingerprint density at radius 1 is 1.44 bits per heavy atom. The van der Waals surface area contributed by atoms with Gasteiger partial charge in [0.15, 0.2) is 0 Å². The first-order chi connectivity index (χ1) is 7.65. The summed E-state index contributed by atoms with van der Waals surface area (Å²) in [5.74, 6) is 0.0628. The van der Waals surface area contributed by atoms with Crippen molar-refractivity contribution in [2.45, 2.75) is 38.3 Å². The molecule has 0 saturated carbocycles. The van der Waals surface area contributed by atoms with Crippen molar-refractivity contribution in [3.05, 3.63) is 35.4 Å². The average molecular weight is 218 g/mol. The highest BCUT2D eigenvalue weighted by atomic mass is 16.1. The third-order valence-electron chi connectivity index (χ3n) is 2.92. The van der Waals surface area contributed by atoms with Crippen LogP contribution in [0.3, 0.4) is 0 Å². The lowest BCUT2D eigenvalue weighted by atomic mass is 10.1. The topological polar surface area (TPSA) is 55.1 Å². The van der Waals surface area contributed by atoms with E-state index in [1.54, 1.807) is 0 Å². The van der Waals surface area contributed by atoms with Gasteiger partial charge in [-0.15, -0.1) is 0 Å². The fourth-order valence-electron chi connectivity index (χ4n) is 2.24. The standard InChI is InChI=1S/C13H18N2O/c1-9(14)6-13(16)15-12-7-10-4-2-3-5-11(10)8-12/h2-5,9,12H,6-8,14H2,1H3,(H,15,16). The molecule has 3 heteroatoms. The van der Waals surface area contributed by atoms with Crippen molar-refractivity contribution in [3.63, 3.8) is 0 Å². The van der Waals surface area contributed by atoms with Crippen LogP contribution in [0.15, 0.2) is 24.3 Å². The number of benzene rings is 1. The van der Waals surface area contributed by atoms with Gasteiger partial charge in [0.25, 0.3) is 0 Å². The summed E-state index contributed by atoms with van der Waals surface area (Å²) in [5, 5.41) is 3.04. The van der Waals surface area contributed by atoms with E-state index < -0.39 is 0 Å². The molecule has 2 rings (SSSR count). The maximum Gasteiger partial charge on any atom is 0.221 e. The lowest BCUT2D eigenvalue weighted by Gasteiger charge is -2.13. The molecule has 3 nitrogen and oxygen atoms in total. The number of carbonyl (C=O) groups is 1. The van der Waals surface area contributed by atoms with Crippen molar-refractivity contribution in [1.29, 1.82) is 0 Å². The predicted molar refractivity (Wildman–Crippen MR) is 64.0 cm³/mol. The van der Waals surface area contributed by atoms with Crippen LogP contribution in [-0.4, -0.2) is 18.0 Å². The van der Waals surface area contributed by atoms with E-state index in [2.05, 4.69) is 17.4 Å². The largest absolute Gasteiger partial charge is 0.353 e. The third-order valence-corrected chi connectivity index (χ3v) is 2.92. The lowest BCUT2D eigenvalue weighted by molar-refractivity contribution is -0.121. The van der Waals surface area contributed by atoms with E-state index >= 15 is 0 Å². The van der Waals surface area contributed by atoms with Crippen LogP contribution in [0.5, 0.6) is 0 Å². The highest BCUT2D eigenvalue weighted by Gasteiger charge is 2.22. The number of rotatable bonds is 3. The quantitative estimate of drug-likeness (QED) is 0.795. The SMILES string of the molecule is CC(N)CC(=O)NC1Cc2ccccc2C1. The second kappa shape index (κ2) is 4.66. The minimum Gasteiger partial charge on any atom is -0.353 e. The molecule has 0 radical (unpaired) electrons. The van der Waals surface area contributed by atoms with E-state index in [0.29, 0.717) is 6.42 Å². The summed E-state index contributed by atoms with van der Waals surface area (Å²) in [4.78, 5) is 11.6. The molecule has 0 spiro atoms. The normalized spacial score (nSPS) is 16.9. The number of amides is 1. The molecule has 3 N–H and O–H groups in total. The van der Waals surface area contributed by atoms with Crippen LogP contribution in [0.4, 0.5) is 0 Å². The molecule has 1 aromatic rings. The fourth-order valence-corrected chi connectivity index (χ4v) is 2.24. The summed E-state index contributed by atoms with van der Waals surface area (Å²) in [6.45, 7) is 1.85. The molecule has 1 atom stereocenters. The van der Waals surface area contributed by atoms with Crippen LogP contribution >= 0.6 is 0 Å². The van der Waals surface area contributed by atoms with Crippen LogP contribution in [0.2, 0.25) is 0 Å². The summed E-state index contributed by atoms with van der Waals surface area (Å²) < 4.78 is 0. The van der Waals surface area contributed by atoms with Crippen molar-refractivity contribution in [2.24, 2.45) is 5.73 Å². The molecule has 1 aromatic carbocycles. The van der Waals surface area contributed by atoms with E-state index in [4.69, 9.17) is 5.73 Å². The van der Waals surface area contributed by atoms with Crippen molar-refractivity contribution < 1.29 is 4.79 Å². The van der Waals surface area contributed by atoms with Crippen LogP contribution in [0.1, 0.15) is 24.5 Å². The number of fused-ring (bicyclic) bond motifs is 1. The second-order valence-corrected chi connectivity index (χ2v) is 4.62. The van der Waals surface area contributed by atoms with E-state index in [9.17, 15) is 4.79 Å². The van der Waals surface area contributed by atoms with Gasteiger partial charge in [-0.25, -0.2) is 0 Å². The monoisotopic (exact) mass is 218 g/mol. The zero-order chi connectivity index (χ0) is 11.5. The molecule has 0 fully saturated rings. The van der Waals surface area contributed by atoms with Gasteiger partial charge >= 0.3 is 0 Å². The van der Waals surface area contributed by atoms with E-state index in [0.717, 1.165) is 12.8 Å². The molecule has 1 aliphatic rings. The van der Waals surface area contributed by atoms with E-state index in [-0.39, 0.29) is 18.0 Å². The van der Waals surface area contributed by atoms with Crippen LogP contribution in [0.25, 0.3) is 0 Å². The van der Waals surface area contributed by atoms with Gasteiger partial charge in [0.2, 0.25) is 5.91 Å². The molecule has 0 bridgehead atoms. The molecule has 1 unspecified atom stereocenters. The molecule has 0 heterocycles. The second-order valence-electron chi connectivity index (χ2n) is 4.62. The molecule has 86 valence electrons. The maximum absolute atomic E-state index is 11.6. The van der Waals surface area contributed by atoms with Gasteiger partial charge in [-0.05, 0) is 30.9 Å². The minimum absolute atomic E-state index is 0.0628. The van der Waals surface area contributed by atoms with Crippen LogP contribution in [-0.2, 0) is 17.6 Å². The molecular weight excluding hydrogens is 200 g/mol. The summed E-state index contributed by atoms with van der Waals surface area (Å²) >= 11 is 0. The first-order valence-corrected chi connectivity index (χ1v) is 5.77. The summed E-state index contributed by atoms with van der Waals surface area (Å²) in [6.07, 6.45) is 2.30. The van der Waals surface area contributed by atoms with Gasteiger partial charge in [0.05, 0.1) is 0 Å². The number of nitrogens with two attached hydrogens (primary N) is 1. The molecule has 0 aliphatic heterocycles. The van der Waals surface area contributed by atoms with Gasteiger partial charge in [0.1, 0.15) is 0 Å². The first kappa shape index (κ1) is 11.1. The maximum atomic E-state index is 11.6. The molecule has 1 aliphatic carbocycles. The fraction of sp³-hybridized carbons (Fsp3) is 0.462. The van der Waals surface area contributed by atoms with Gasteiger partial charge in [-0.1, -0.05) is 24.3 Å². The van der Waals surface area contributed by atoms with Crippen molar-refractivity contribution >= 4 is 5.91 Å². The summed E-state index contributed by atoms with van der Waals surface area (Å²) in [5.41, 5.74) is 8.30. The molecule has 1 amide bonds. The number of carbonyl (C=O) groups excluding carboxylic acids is 1. The first-order valence-electron chi connectivity index (χ1n) is 5.77. The number of nitrogens with one attached hydrogen (secondary N) is 1. The average Bonchev–Trinajstić information content (AvgIpc) is 2.57. The Hall–Kier alpha value is -1.35. The lowest BCUT2D eigenvalue weighted by Crippen LogP contribution is -2.38. The van der Waals surface area contributed by atoms with Gasteiger partial charge < -0.3 is 11.1 Å². The Bertz CT molecular complexity index is 362. The zero-order valence-electron chi connectivity index (χ0n) is 9.57. The molecule has 16 heavy (non-hydrogen) atoms. The zero-order valence-corrected chi connectivity index (χ0v) is 9.57. The van der Waals surface area contributed by atoms with Crippen LogP contribution < -0.4 is 11.1 Å².